The van der Waals surface area contributed by atoms with Crippen molar-refractivity contribution in [2.24, 2.45) is 0 Å². The second kappa shape index (κ2) is 7.42. The van der Waals surface area contributed by atoms with Crippen LogP contribution in [0.3, 0.4) is 0 Å². The molecule has 18 heavy (non-hydrogen) atoms. The lowest BCUT2D eigenvalue weighted by Gasteiger charge is -2.36. The zero-order chi connectivity index (χ0) is 12.7. The minimum Gasteiger partial charge on any atom is -0.309 e. The third-order valence-corrected chi connectivity index (χ3v) is 5.21. The molecule has 1 saturated carbocycles. The largest absolute Gasteiger partial charge is 0.309 e. The van der Waals surface area contributed by atoms with Gasteiger partial charge in [0.15, 0.2) is 0 Å². The van der Waals surface area contributed by atoms with E-state index in [1.807, 2.05) is 11.8 Å². The number of nitrogens with one attached hydrogen (secondary N) is 1. The first-order valence-electron chi connectivity index (χ1n) is 6.83. The van der Waals surface area contributed by atoms with Gasteiger partial charge in [0.05, 0.1) is 0 Å². The molecular formula is C15H22ClNS. The molecule has 0 aliphatic heterocycles. The predicted molar refractivity (Wildman–Crippen MR) is 81.7 cm³/mol. The van der Waals surface area contributed by atoms with Crippen molar-refractivity contribution in [1.82, 2.24) is 5.32 Å². The summed E-state index contributed by atoms with van der Waals surface area (Å²) in [7, 11) is 0. The molecule has 0 heterocycles. The normalized spacial score (nSPS) is 18.7. The molecule has 0 spiro atoms. The van der Waals surface area contributed by atoms with Gasteiger partial charge in [-0.2, -0.15) is 0 Å². The molecule has 3 heteroatoms. The summed E-state index contributed by atoms with van der Waals surface area (Å²) in [4.78, 5) is 1.35. The lowest BCUT2D eigenvalue weighted by Crippen LogP contribution is -2.49. The summed E-state index contributed by atoms with van der Waals surface area (Å²) < 4.78 is 0. The Kier molecular flexibility index (Phi) is 5.87. The van der Waals surface area contributed by atoms with Gasteiger partial charge in [-0.05, 0) is 25.0 Å². The molecule has 0 radical (unpaired) electrons. The number of rotatable bonds is 6. The Morgan fingerprint density at radius 2 is 1.83 bits per heavy atom. The van der Waals surface area contributed by atoms with Crippen LogP contribution in [0.2, 0.25) is 0 Å². The molecule has 0 aromatic heterocycles. The zero-order valence-electron chi connectivity index (χ0n) is 10.8. The Morgan fingerprint density at radius 1 is 1.11 bits per heavy atom. The highest BCUT2D eigenvalue weighted by molar-refractivity contribution is 7.99. The van der Waals surface area contributed by atoms with E-state index >= 15 is 0 Å². The van der Waals surface area contributed by atoms with Crippen LogP contribution in [0.4, 0.5) is 0 Å². The van der Waals surface area contributed by atoms with Crippen LogP contribution in [-0.4, -0.2) is 23.7 Å². The Labute approximate surface area is 120 Å². The molecule has 0 bridgehead atoms. The van der Waals surface area contributed by atoms with E-state index in [-0.39, 0.29) is 5.54 Å². The fourth-order valence-corrected chi connectivity index (χ4v) is 3.74. The van der Waals surface area contributed by atoms with Crippen molar-refractivity contribution in [3.05, 3.63) is 30.3 Å². The summed E-state index contributed by atoms with van der Waals surface area (Å²) >= 11 is 8.08. The van der Waals surface area contributed by atoms with E-state index in [1.54, 1.807) is 0 Å². The second-order valence-corrected chi connectivity index (χ2v) is 6.50. The molecule has 1 aromatic carbocycles. The van der Waals surface area contributed by atoms with Gasteiger partial charge in [0, 0.05) is 28.6 Å². The smallest absolute Gasteiger partial charge is 0.0406 e. The Morgan fingerprint density at radius 3 is 2.50 bits per heavy atom. The maximum Gasteiger partial charge on any atom is 0.0406 e. The maximum atomic E-state index is 6.16. The Bertz CT molecular complexity index is 336. The van der Waals surface area contributed by atoms with Gasteiger partial charge < -0.3 is 5.32 Å². The van der Waals surface area contributed by atoms with Gasteiger partial charge in [-0.15, -0.1) is 23.4 Å². The van der Waals surface area contributed by atoms with Gasteiger partial charge in [-0.1, -0.05) is 37.5 Å². The molecule has 0 atom stereocenters. The van der Waals surface area contributed by atoms with Crippen LogP contribution in [0, 0.1) is 0 Å². The van der Waals surface area contributed by atoms with E-state index in [0.29, 0.717) is 0 Å². The Balaban J connectivity index is 1.71. The zero-order valence-corrected chi connectivity index (χ0v) is 12.4. The molecule has 1 N–H and O–H groups in total. The Hall–Kier alpha value is -0.180. The summed E-state index contributed by atoms with van der Waals surface area (Å²) in [6.45, 7) is 1.05. The lowest BCUT2D eigenvalue weighted by molar-refractivity contribution is 0.264. The molecule has 100 valence electrons. The lowest BCUT2D eigenvalue weighted by atomic mass is 9.83. The van der Waals surface area contributed by atoms with Crippen LogP contribution >= 0.6 is 23.4 Å². The van der Waals surface area contributed by atoms with E-state index in [4.69, 9.17) is 11.6 Å². The van der Waals surface area contributed by atoms with Crippen molar-refractivity contribution in [2.75, 3.05) is 18.2 Å². The molecule has 1 aliphatic rings. The fraction of sp³-hybridized carbons (Fsp3) is 0.600. The fourth-order valence-electron chi connectivity index (χ4n) is 2.59. The van der Waals surface area contributed by atoms with Crippen LogP contribution in [0.5, 0.6) is 0 Å². The quantitative estimate of drug-likeness (QED) is 0.474. The molecule has 0 amide bonds. The van der Waals surface area contributed by atoms with Crippen LogP contribution < -0.4 is 5.32 Å². The topological polar surface area (TPSA) is 12.0 Å². The van der Waals surface area contributed by atoms with Gasteiger partial charge in [-0.25, -0.2) is 0 Å². The van der Waals surface area contributed by atoms with E-state index in [2.05, 4.69) is 35.6 Å². The van der Waals surface area contributed by atoms with Gasteiger partial charge >= 0.3 is 0 Å². The van der Waals surface area contributed by atoms with Crippen molar-refractivity contribution in [3.8, 4) is 0 Å². The van der Waals surface area contributed by atoms with Crippen molar-refractivity contribution < 1.29 is 0 Å². The minimum absolute atomic E-state index is 0.219. The van der Waals surface area contributed by atoms with Gasteiger partial charge in [0.25, 0.3) is 0 Å². The van der Waals surface area contributed by atoms with Crippen molar-refractivity contribution in [1.29, 1.82) is 0 Å². The van der Waals surface area contributed by atoms with Gasteiger partial charge in [-0.3, -0.25) is 0 Å². The molecule has 0 unspecified atom stereocenters. The first kappa shape index (κ1) is 14.2. The number of thioether (sulfide) groups is 1. The number of hydrogen-bond acceptors (Lipinski definition) is 2. The second-order valence-electron chi connectivity index (χ2n) is 5.06. The van der Waals surface area contributed by atoms with E-state index in [1.165, 1.54) is 37.0 Å². The number of benzene rings is 1. The predicted octanol–water partition coefficient (Wildman–Crippen LogP) is 4.31. The summed E-state index contributed by atoms with van der Waals surface area (Å²) in [5, 5.41) is 3.70. The van der Waals surface area contributed by atoms with E-state index in [9.17, 15) is 0 Å². The van der Waals surface area contributed by atoms with Crippen LogP contribution in [0.25, 0.3) is 0 Å². The summed E-state index contributed by atoms with van der Waals surface area (Å²) in [5.41, 5.74) is 0.219. The highest BCUT2D eigenvalue weighted by atomic mass is 35.5. The third-order valence-electron chi connectivity index (χ3n) is 3.68. The summed E-state index contributed by atoms with van der Waals surface area (Å²) in [6, 6.07) is 10.6. The molecular weight excluding hydrogens is 262 g/mol. The highest BCUT2D eigenvalue weighted by Gasteiger charge is 2.29. The van der Waals surface area contributed by atoms with E-state index in [0.717, 1.165) is 18.2 Å². The molecule has 1 aliphatic carbocycles. The first-order chi connectivity index (χ1) is 8.85. The van der Waals surface area contributed by atoms with Crippen molar-refractivity contribution in [2.45, 2.75) is 42.5 Å². The SMILES string of the molecule is ClCC1(NCCSc2ccccc2)CCCCC1. The number of hydrogen-bond donors (Lipinski definition) is 1. The number of halogens is 1. The monoisotopic (exact) mass is 283 g/mol. The van der Waals surface area contributed by atoms with E-state index < -0.39 is 0 Å². The van der Waals surface area contributed by atoms with Crippen LogP contribution in [0.15, 0.2) is 35.2 Å². The summed E-state index contributed by atoms with van der Waals surface area (Å²) in [5.74, 6) is 1.87. The van der Waals surface area contributed by atoms with Crippen molar-refractivity contribution >= 4 is 23.4 Å². The third kappa shape index (κ3) is 4.18. The highest BCUT2D eigenvalue weighted by Crippen LogP contribution is 2.29. The summed E-state index contributed by atoms with van der Waals surface area (Å²) in [6.07, 6.45) is 6.51. The standard InChI is InChI=1S/C15H22ClNS/c16-13-15(9-5-2-6-10-15)17-11-12-18-14-7-3-1-4-8-14/h1,3-4,7-8,17H,2,5-6,9-13H2. The minimum atomic E-state index is 0.219. The number of alkyl halides is 1. The van der Waals surface area contributed by atoms with Crippen LogP contribution in [-0.2, 0) is 0 Å². The molecule has 1 aromatic rings. The molecule has 2 rings (SSSR count). The first-order valence-corrected chi connectivity index (χ1v) is 8.36. The molecule has 1 nitrogen and oxygen atoms in total. The average molecular weight is 284 g/mol. The van der Waals surface area contributed by atoms with Gasteiger partial charge in [0.1, 0.15) is 0 Å². The molecule has 0 saturated heterocycles. The average Bonchev–Trinajstić information content (AvgIpc) is 2.46. The maximum absolute atomic E-state index is 6.16. The van der Waals surface area contributed by atoms with Crippen molar-refractivity contribution in [3.63, 3.8) is 0 Å². The van der Waals surface area contributed by atoms with Gasteiger partial charge in [0.2, 0.25) is 0 Å². The molecule has 1 fully saturated rings. The van der Waals surface area contributed by atoms with Crippen LogP contribution in [0.1, 0.15) is 32.1 Å².